The number of thiophene rings is 1. The van der Waals surface area contributed by atoms with E-state index >= 15 is 0 Å². The first kappa shape index (κ1) is 16.0. The van der Waals surface area contributed by atoms with Crippen molar-refractivity contribution in [2.75, 3.05) is 5.75 Å². The van der Waals surface area contributed by atoms with Gasteiger partial charge in [-0.1, -0.05) is 17.8 Å². The Bertz CT molecular complexity index is 1050. The van der Waals surface area contributed by atoms with Crippen LogP contribution in [0.15, 0.2) is 52.4 Å². The molecule has 1 N–H and O–H groups in total. The van der Waals surface area contributed by atoms with Crippen molar-refractivity contribution in [3.8, 4) is 0 Å². The molecule has 5 nitrogen and oxygen atoms in total. The van der Waals surface area contributed by atoms with E-state index < -0.39 is 0 Å². The Hall–Kier alpha value is -2.45. The Morgan fingerprint density at radius 2 is 2.20 bits per heavy atom. The van der Waals surface area contributed by atoms with Gasteiger partial charge < -0.3 is 9.73 Å². The number of fused-ring (bicyclic) bond motifs is 3. The van der Waals surface area contributed by atoms with E-state index in [-0.39, 0.29) is 17.5 Å². The van der Waals surface area contributed by atoms with Gasteiger partial charge in [-0.25, -0.2) is 14.4 Å². The van der Waals surface area contributed by atoms with E-state index in [1.165, 1.54) is 35.5 Å². The molecule has 0 fully saturated rings. The van der Waals surface area contributed by atoms with E-state index in [2.05, 4.69) is 15.3 Å². The van der Waals surface area contributed by atoms with E-state index in [1.807, 2.05) is 6.07 Å². The molecule has 3 heterocycles. The van der Waals surface area contributed by atoms with E-state index in [0.29, 0.717) is 28.2 Å². The zero-order chi connectivity index (χ0) is 17.2. The third kappa shape index (κ3) is 3.22. The molecule has 0 atom stereocenters. The van der Waals surface area contributed by atoms with Gasteiger partial charge in [-0.15, -0.1) is 11.3 Å². The lowest BCUT2D eigenvalue weighted by atomic mass is 10.2. The number of hydrogen-bond acceptors (Lipinski definition) is 6. The number of carbonyl (C=O) groups excluding carboxylic acids is 1. The summed E-state index contributed by atoms with van der Waals surface area (Å²) in [7, 11) is 0. The predicted molar refractivity (Wildman–Crippen MR) is 96.2 cm³/mol. The van der Waals surface area contributed by atoms with Crippen molar-refractivity contribution in [3.63, 3.8) is 0 Å². The SMILES string of the molecule is O=C(CSc1ncnc2c1sc1cccc(F)c12)NCc1ccco1. The van der Waals surface area contributed by atoms with Crippen molar-refractivity contribution < 1.29 is 13.6 Å². The number of thioether (sulfide) groups is 1. The molecule has 0 aliphatic carbocycles. The van der Waals surface area contributed by atoms with Gasteiger partial charge in [-0.2, -0.15) is 0 Å². The van der Waals surface area contributed by atoms with Gasteiger partial charge in [0.05, 0.1) is 34.2 Å². The molecular weight excluding hydrogens is 361 g/mol. The number of carbonyl (C=O) groups is 1. The third-order valence-corrected chi connectivity index (χ3v) is 5.84. The Balaban J connectivity index is 1.52. The molecule has 25 heavy (non-hydrogen) atoms. The van der Waals surface area contributed by atoms with Gasteiger partial charge in [-0.3, -0.25) is 4.79 Å². The molecule has 126 valence electrons. The average molecular weight is 373 g/mol. The van der Waals surface area contributed by atoms with Crippen LogP contribution in [0.1, 0.15) is 5.76 Å². The first-order valence-corrected chi connectivity index (χ1v) is 9.26. The maximum Gasteiger partial charge on any atom is 0.230 e. The average Bonchev–Trinajstić information content (AvgIpc) is 3.26. The molecule has 4 aromatic rings. The molecule has 0 saturated carbocycles. The lowest BCUT2D eigenvalue weighted by molar-refractivity contribution is -0.118. The molecule has 4 rings (SSSR count). The topological polar surface area (TPSA) is 68.0 Å². The van der Waals surface area contributed by atoms with Crippen LogP contribution in [0.3, 0.4) is 0 Å². The molecule has 0 spiro atoms. The van der Waals surface area contributed by atoms with Gasteiger partial charge >= 0.3 is 0 Å². The summed E-state index contributed by atoms with van der Waals surface area (Å²) in [6, 6.07) is 8.53. The minimum atomic E-state index is -0.297. The number of nitrogens with one attached hydrogen (secondary N) is 1. The fraction of sp³-hybridized carbons (Fsp3) is 0.118. The summed E-state index contributed by atoms with van der Waals surface area (Å²) in [5.41, 5.74) is 0.589. The summed E-state index contributed by atoms with van der Waals surface area (Å²) in [6.45, 7) is 0.347. The smallest absolute Gasteiger partial charge is 0.230 e. The van der Waals surface area contributed by atoms with E-state index in [9.17, 15) is 9.18 Å². The lowest BCUT2D eigenvalue weighted by Gasteiger charge is -2.03. The number of hydrogen-bond donors (Lipinski definition) is 1. The fourth-order valence-corrected chi connectivity index (χ4v) is 4.52. The summed E-state index contributed by atoms with van der Waals surface area (Å²) in [6.07, 6.45) is 2.97. The van der Waals surface area contributed by atoms with Gasteiger partial charge in [0.15, 0.2) is 0 Å². The standard InChI is InChI=1S/C17H12FN3O2S2/c18-11-4-1-5-12-14(11)15-16(25-12)17(21-9-20-15)24-8-13(22)19-7-10-3-2-6-23-10/h1-6,9H,7-8H2,(H,19,22). The summed E-state index contributed by atoms with van der Waals surface area (Å²) in [5.74, 6) is 0.488. The molecule has 1 aromatic carbocycles. The summed E-state index contributed by atoms with van der Waals surface area (Å²) < 4.78 is 20.9. The van der Waals surface area contributed by atoms with Crippen LogP contribution in [0, 0.1) is 5.82 Å². The summed E-state index contributed by atoms with van der Waals surface area (Å²) in [4.78, 5) is 20.5. The number of halogens is 1. The van der Waals surface area contributed by atoms with Gasteiger partial charge in [0.2, 0.25) is 5.91 Å². The highest BCUT2D eigenvalue weighted by Crippen LogP contribution is 2.38. The number of benzene rings is 1. The van der Waals surface area contributed by atoms with Gasteiger partial charge in [0.25, 0.3) is 0 Å². The largest absolute Gasteiger partial charge is 0.467 e. The second-order valence-corrected chi connectivity index (χ2v) is 7.23. The number of nitrogens with zero attached hydrogens (tertiary/aromatic N) is 2. The molecule has 0 radical (unpaired) electrons. The first-order valence-electron chi connectivity index (χ1n) is 7.46. The zero-order valence-electron chi connectivity index (χ0n) is 12.9. The van der Waals surface area contributed by atoms with Crippen LogP contribution in [-0.4, -0.2) is 21.6 Å². The van der Waals surface area contributed by atoms with Crippen molar-refractivity contribution >= 4 is 49.3 Å². The fourth-order valence-electron chi connectivity index (χ4n) is 2.44. The minimum absolute atomic E-state index is 0.125. The third-order valence-electron chi connectivity index (χ3n) is 3.58. The molecule has 1 amide bonds. The highest BCUT2D eigenvalue weighted by molar-refractivity contribution is 8.00. The van der Waals surface area contributed by atoms with Crippen LogP contribution in [0.2, 0.25) is 0 Å². The molecule has 0 aliphatic rings. The van der Waals surface area contributed by atoms with Gasteiger partial charge in [0, 0.05) is 4.70 Å². The molecule has 3 aromatic heterocycles. The second kappa shape index (κ2) is 6.81. The lowest BCUT2D eigenvalue weighted by Crippen LogP contribution is -2.24. The highest BCUT2D eigenvalue weighted by atomic mass is 32.2. The van der Waals surface area contributed by atoms with Crippen LogP contribution in [-0.2, 0) is 11.3 Å². The maximum absolute atomic E-state index is 14.1. The minimum Gasteiger partial charge on any atom is -0.467 e. The Morgan fingerprint density at radius 1 is 1.28 bits per heavy atom. The van der Waals surface area contributed by atoms with Crippen molar-refractivity contribution in [2.24, 2.45) is 0 Å². The number of furan rings is 1. The van der Waals surface area contributed by atoms with Gasteiger partial charge in [0.1, 0.15) is 22.9 Å². The summed E-state index contributed by atoms with van der Waals surface area (Å²) in [5, 5.41) is 3.97. The quantitative estimate of drug-likeness (QED) is 0.423. The van der Waals surface area contributed by atoms with Crippen molar-refractivity contribution in [1.29, 1.82) is 0 Å². The predicted octanol–water partition coefficient (Wildman–Crippen LogP) is 3.99. The summed E-state index contributed by atoms with van der Waals surface area (Å²) >= 11 is 2.74. The Morgan fingerprint density at radius 3 is 3.04 bits per heavy atom. The van der Waals surface area contributed by atoms with E-state index in [0.717, 1.165) is 9.40 Å². The number of aromatic nitrogens is 2. The van der Waals surface area contributed by atoms with Crippen LogP contribution >= 0.6 is 23.1 Å². The monoisotopic (exact) mass is 373 g/mol. The van der Waals surface area contributed by atoms with Crippen LogP contribution < -0.4 is 5.32 Å². The normalized spacial score (nSPS) is 11.2. The first-order chi connectivity index (χ1) is 12.2. The van der Waals surface area contributed by atoms with Crippen molar-refractivity contribution in [3.05, 3.63) is 54.5 Å². The molecular formula is C17H12FN3O2S2. The Labute approximate surface area is 150 Å². The van der Waals surface area contributed by atoms with Gasteiger partial charge in [-0.05, 0) is 24.3 Å². The van der Waals surface area contributed by atoms with Crippen LogP contribution in [0.5, 0.6) is 0 Å². The highest BCUT2D eigenvalue weighted by Gasteiger charge is 2.15. The molecule has 0 aliphatic heterocycles. The van der Waals surface area contributed by atoms with Crippen LogP contribution in [0.4, 0.5) is 4.39 Å². The van der Waals surface area contributed by atoms with Crippen molar-refractivity contribution in [1.82, 2.24) is 15.3 Å². The molecule has 0 saturated heterocycles. The van der Waals surface area contributed by atoms with E-state index in [4.69, 9.17) is 4.42 Å². The molecule has 8 heteroatoms. The van der Waals surface area contributed by atoms with E-state index in [1.54, 1.807) is 24.5 Å². The Kier molecular flexibility index (Phi) is 4.37. The number of amides is 1. The van der Waals surface area contributed by atoms with Crippen LogP contribution in [0.25, 0.3) is 20.3 Å². The molecule has 0 unspecified atom stereocenters. The number of rotatable bonds is 5. The molecule has 0 bridgehead atoms. The zero-order valence-corrected chi connectivity index (χ0v) is 14.5. The second-order valence-electron chi connectivity index (χ2n) is 5.22. The maximum atomic E-state index is 14.1. The van der Waals surface area contributed by atoms with Crippen molar-refractivity contribution in [2.45, 2.75) is 11.6 Å².